The van der Waals surface area contributed by atoms with Gasteiger partial charge in [-0.05, 0) is 25.0 Å². The smallest absolute Gasteiger partial charge is 0.191 e. The van der Waals surface area contributed by atoms with Gasteiger partial charge >= 0.3 is 0 Å². The molecule has 0 aromatic heterocycles. The third kappa shape index (κ3) is 9.20. The Morgan fingerprint density at radius 2 is 1.96 bits per heavy atom. The first kappa shape index (κ1) is 19.4. The molecule has 0 aliphatic carbocycles. The van der Waals surface area contributed by atoms with Crippen LogP contribution in [0.3, 0.4) is 0 Å². The number of sulfone groups is 1. The van der Waals surface area contributed by atoms with Crippen molar-refractivity contribution in [2.75, 3.05) is 38.3 Å². The standard InChI is InChI=1S/C16H27N3O3S/c1-4-17-16(18-9-10-22-11-12-23(3,20)21)19-13-15-8-6-5-7-14(15)2/h5-8H,4,9-13H2,1-3H3,(H2,17,18,19). The zero-order valence-corrected chi connectivity index (χ0v) is 14.9. The fourth-order valence-corrected chi connectivity index (χ4v) is 2.27. The van der Waals surface area contributed by atoms with Crippen LogP contribution in [0.5, 0.6) is 0 Å². The highest BCUT2D eigenvalue weighted by Gasteiger charge is 2.02. The zero-order valence-electron chi connectivity index (χ0n) is 14.1. The van der Waals surface area contributed by atoms with Gasteiger partial charge in [0.05, 0.1) is 25.5 Å². The highest BCUT2D eigenvalue weighted by atomic mass is 32.2. The molecule has 1 rings (SSSR count). The first-order valence-corrected chi connectivity index (χ1v) is 9.80. The van der Waals surface area contributed by atoms with E-state index in [-0.39, 0.29) is 12.4 Å². The van der Waals surface area contributed by atoms with Crippen LogP contribution >= 0.6 is 0 Å². The van der Waals surface area contributed by atoms with Gasteiger partial charge in [0.2, 0.25) is 0 Å². The van der Waals surface area contributed by atoms with E-state index in [0.29, 0.717) is 19.7 Å². The maximum Gasteiger partial charge on any atom is 0.191 e. The van der Waals surface area contributed by atoms with Crippen LogP contribution in [0.25, 0.3) is 0 Å². The molecule has 0 spiro atoms. The van der Waals surface area contributed by atoms with Gasteiger partial charge in [0, 0.05) is 19.3 Å². The second-order valence-electron chi connectivity index (χ2n) is 5.29. The van der Waals surface area contributed by atoms with Crippen molar-refractivity contribution in [3.63, 3.8) is 0 Å². The van der Waals surface area contributed by atoms with E-state index in [0.717, 1.165) is 12.5 Å². The second-order valence-corrected chi connectivity index (χ2v) is 7.55. The molecule has 23 heavy (non-hydrogen) atoms. The summed E-state index contributed by atoms with van der Waals surface area (Å²) in [4.78, 5) is 4.54. The lowest BCUT2D eigenvalue weighted by Crippen LogP contribution is -2.39. The number of guanidine groups is 1. The molecule has 0 amide bonds. The Hall–Kier alpha value is -1.60. The van der Waals surface area contributed by atoms with Crippen molar-refractivity contribution in [3.8, 4) is 0 Å². The van der Waals surface area contributed by atoms with Crippen molar-refractivity contribution in [2.45, 2.75) is 20.4 Å². The molecule has 2 N–H and O–H groups in total. The number of nitrogens with zero attached hydrogens (tertiary/aromatic N) is 1. The molecular weight excluding hydrogens is 314 g/mol. The van der Waals surface area contributed by atoms with Gasteiger partial charge < -0.3 is 15.4 Å². The molecule has 0 saturated carbocycles. The van der Waals surface area contributed by atoms with Crippen molar-refractivity contribution >= 4 is 15.8 Å². The highest BCUT2D eigenvalue weighted by Crippen LogP contribution is 2.07. The average Bonchev–Trinajstić information content (AvgIpc) is 2.48. The number of nitrogens with one attached hydrogen (secondary N) is 2. The summed E-state index contributed by atoms with van der Waals surface area (Å²) in [5, 5.41) is 6.35. The third-order valence-corrected chi connectivity index (χ3v) is 4.06. The second kappa shape index (κ2) is 10.2. The van der Waals surface area contributed by atoms with Crippen molar-refractivity contribution in [1.82, 2.24) is 10.6 Å². The van der Waals surface area contributed by atoms with Crippen LogP contribution in [0, 0.1) is 6.92 Å². The van der Waals surface area contributed by atoms with Gasteiger partial charge in [0.15, 0.2) is 5.96 Å². The van der Waals surface area contributed by atoms with Crippen LogP contribution in [0.15, 0.2) is 29.3 Å². The normalized spacial score (nSPS) is 12.2. The summed E-state index contributed by atoms with van der Waals surface area (Å²) in [5.74, 6) is 0.775. The Kier molecular flexibility index (Phi) is 8.65. The fraction of sp³-hybridized carbons (Fsp3) is 0.562. The molecule has 0 bridgehead atoms. The number of rotatable bonds is 9. The van der Waals surface area contributed by atoms with Gasteiger partial charge in [-0.3, -0.25) is 0 Å². The summed E-state index contributed by atoms with van der Waals surface area (Å²) in [6, 6.07) is 8.16. The van der Waals surface area contributed by atoms with E-state index in [1.165, 1.54) is 17.4 Å². The Labute approximate surface area is 139 Å². The van der Waals surface area contributed by atoms with E-state index in [4.69, 9.17) is 4.74 Å². The molecule has 130 valence electrons. The molecule has 0 radical (unpaired) electrons. The van der Waals surface area contributed by atoms with Crippen molar-refractivity contribution in [2.24, 2.45) is 4.99 Å². The summed E-state index contributed by atoms with van der Waals surface area (Å²) in [6.45, 7) is 6.69. The van der Waals surface area contributed by atoms with Gasteiger partial charge in [-0.15, -0.1) is 0 Å². The third-order valence-electron chi connectivity index (χ3n) is 3.15. The van der Waals surface area contributed by atoms with Crippen LogP contribution in [0.4, 0.5) is 0 Å². The lowest BCUT2D eigenvalue weighted by molar-refractivity contribution is 0.154. The van der Waals surface area contributed by atoms with Crippen molar-refractivity contribution in [3.05, 3.63) is 35.4 Å². The number of hydrogen-bond donors (Lipinski definition) is 2. The van der Waals surface area contributed by atoms with Crippen LogP contribution in [0.2, 0.25) is 0 Å². The minimum atomic E-state index is -2.96. The minimum absolute atomic E-state index is 0.0500. The van der Waals surface area contributed by atoms with Gasteiger partial charge in [0.25, 0.3) is 0 Å². The van der Waals surface area contributed by atoms with Gasteiger partial charge in [-0.1, -0.05) is 24.3 Å². The molecule has 0 aliphatic rings. The number of ether oxygens (including phenoxy) is 1. The summed E-state index contributed by atoms with van der Waals surface area (Å²) in [5.41, 5.74) is 2.41. The van der Waals surface area contributed by atoms with Gasteiger partial charge in [0.1, 0.15) is 9.84 Å². The van der Waals surface area contributed by atoms with Crippen molar-refractivity contribution < 1.29 is 13.2 Å². The van der Waals surface area contributed by atoms with Gasteiger partial charge in [-0.2, -0.15) is 0 Å². The number of hydrogen-bond acceptors (Lipinski definition) is 4. The number of aryl methyl sites for hydroxylation is 1. The van der Waals surface area contributed by atoms with Crippen LogP contribution in [-0.4, -0.2) is 52.7 Å². The quantitative estimate of drug-likeness (QED) is 0.400. The first-order chi connectivity index (χ1) is 10.9. The van der Waals surface area contributed by atoms with Crippen LogP contribution in [-0.2, 0) is 21.1 Å². The number of aliphatic imine (C=N–C) groups is 1. The Balaban J connectivity index is 2.37. The fourth-order valence-electron chi connectivity index (χ4n) is 1.85. The lowest BCUT2D eigenvalue weighted by Gasteiger charge is -2.12. The molecule has 0 atom stereocenters. The molecule has 1 aromatic rings. The number of benzene rings is 1. The maximum absolute atomic E-state index is 11.0. The zero-order chi connectivity index (χ0) is 17.1. The Morgan fingerprint density at radius 3 is 2.61 bits per heavy atom. The molecule has 6 nitrogen and oxygen atoms in total. The maximum atomic E-state index is 11.0. The van der Waals surface area contributed by atoms with E-state index < -0.39 is 9.84 Å². The monoisotopic (exact) mass is 341 g/mol. The summed E-state index contributed by atoms with van der Waals surface area (Å²) in [7, 11) is -2.96. The molecule has 1 aromatic carbocycles. The molecule has 0 heterocycles. The largest absolute Gasteiger partial charge is 0.379 e. The minimum Gasteiger partial charge on any atom is -0.379 e. The van der Waals surface area contributed by atoms with Crippen molar-refractivity contribution in [1.29, 1.82) is 0 Å². The first-order valence-electron chi connectivity index (χ1n) is 7.74. The van der Waals surface area contributed by atoms with E-state index in [1.54, 1.807) is 0 Å². The topological polar surface area (TPSA) is 79.8 Å². The molecule has 0 aliphatic heterocycles. The molecular formula is C16H27N3O3S. The van der Waals surface area contributed by atoms with Gasteiger partial charge in [-0.25, -0.2) is 13.4 Å². The summed E-state index contributed by atoms with van der Waals surface area (Å²) >= 11 is 0. The van der Waals surface area contributed by atoms with E-state index >= 15 is 0 Å². The summed E-state index contributed by atoms with van der Waals surface area (Å²) < 4.78 is 27.3. The highest BCUT2D eigenvalue weighted by molar-refractivity contribution is 7.90. The molecule has 7 heteroatoms. The summed E-state index contributed by atoms with van der Waals surface area (Å²) in [6.07, 6.45) is 1.20. The molecule has 0 saturated heterocycles. The lowest BCUT2D eigenvalue weighted by atomic mass is 10.1. The predicted molar refractivity (Wildman–Crippen MR) is 94.5 cm³/mol. The average molecular weight is 341 g/mol. The predicted octanol–water partition coefficient (Wildman–Crippen LogP) is 1.11. The molecule has 0 fully saturated rings. The van der Waals surface area contributed by atoms with Crippen LogP contribution in [0.1, 0.15) is 18.1 Å². The molecule has 0 unspecified atom stereocenters. The SMILES string of the molecule is CCNC(=NCc1ccccc1C)NCCOCCS(C)(=O)=O. The van der Waals surface area contributed by atoms with E-state index in [1.807, 2.05) is 19.1 Å². The van der Waals surface area contributed by atoms with Crippen LogP contribution < -0.4 is 10.6 Å². The Bertz CT molecular complexity index is 600. The Morgan fingerprint density at radius 1 is 1.22 bits per heavy atom. The van der Waals surface area contributed by atoms with E-state index in [9.17, 15) is 8.42 Å². The van der Waals surface area contributed by atoms with E-state index in [2.05, 4.69) is 34.7 Å².